The molecule has 8 amide bonds. The monoisotopic (exact) mass is 959 g/mol. The van der Waals surface area contributed by atoms with Crippen LogP contribution in [-0.4, -0.2) is 166 Å². The molecule has 0 aliphatic rings. The Labute approximate surface area is 384 Å². The fourth-order valence-electron chi connectivity index (χ4n) is 5.71. The van der Waals surface area contributed by atoms with Gasteiger partial charge in [0.25, 0.3) is 0 Å². The third kappa shape index (κ3) is 25.6. The number of carbonyl (C=O) groups is 11. The Balaban J connectivity index is 6.53. The minimum atomic E-state index is -1.93. The molecule has 0 aliphatic heterocycles. The number of nitrogens with one attached hydrogen (secondary N) is 7. The fraction of sp³-hybridized carbons (Fsp3) is 0.649. The molecule has 8 atom stereocenters. The van der Waals surface area contributed by atoms with Gasteiger partial charge in [0.2, 0.25) is 47.3 Å². The summed E-state index contributed by atoms with van der Waals surface area (Å²) in [6.45, 7) is 3.48. The van der Waals surface area contributed by atoms with Crippen molar-refractivity contribution in [3.05, 3.63) is 0 Å². The number of nitrogens with zero attached hydrogens (tertiary/aromatic N) is 2. The predicted octanol–water partition coefficient (Wildman–Crippen LogP) is -7.83. The van der Waals surface area contributed by atoms with E-state index in [2.05, 4.69) is 41.9 Å². The molecule has 0 rings (SSSR count). The number of guanidine groups is 2. The summed E-state index contributed by atoms with van der Waals surface area (Å²) in [5, 5.41) is 53.5. The molecule has 23 N–H and O–H groups in total. The molecule has 8 unspecified atom stereocenters. The normalized spacial score (nSPS) is 14.4. The Hall–Kier alpha value is -7.37. The Morgan fingerprint density at radius 3 is 1.28 bits per heavy atom. The van der Waals surface area contributed by atoms with Crippen molar-refractivity contribution in [2.24, 2.45) is 50.3 Å². The van der Waals surface area contributed by atoms with Crippen LogP contribution in [0, 0.1) is 5.92 Å². The first-order chi connectivity index (χ1) is 31.2. The number of carboxylic acids is 3. The van der Waals surface area contributed by atoms with Gasteiger partial charge in [0, 0.05) is 19.5 Å². The number of hydrogen-bond donors (Lipinski definition) is 17. The molecule has 0 aliphatic carbocycles. The van der Waals surface area contributed by atoms with E-state index in [-0.39, 0.29) is 63.0 Å². The summed E-state index contributed by atoms with van der Waals surface area (Å²) in [7, 11) is 0. The first kappa shape index (κ1) is 59.6. The van der Waals surface area contributed by atoms with Crippen molar-refractivity contribution < 1.29 is 73.2 Å². The molecule has 0 aromatic carbocycles. The SMILES string of the molecule is CC(C)CC(N)C(=O)NC(CC(=O)O)C(=O)NC(CO)C(=O)NC(CCCN=C(N)N)C(=O)NC(CCCN=C(N)N)C(=O)NC(C)C(=O)NC(CCC(N)=O)C(=O)NC(CC(=O)O)C(=O)O. The molecule has 0 heterocycles. The van der Waals surface area contributed by atoms with Crippen molar-refractivity contribution in [1.82, 2.24) is 37.2 Å². The molecule has 0 saturated heterocycles. The fourth-order valence-corrected chi connectivity index (χ4v) is 5.71. The largest absolute Gasteiger partial charge is 0.481 e. The van der Waals surface area contributed by atoms with Crippen LogP contribution in [0.3, 0.4) is 0 Å². The van der Waals surface area contributed by atoms with E-state index in [0.717, 1.165) is 6.92 Å². The number of rotatable bonds is 33. The highest BCUT2D eigenvalue weighted by Crippen LogP contribution is 2.08. The molecule has 30 heteroatoms. The van der Waals surface area contributed by atoms with Crippen molar-refractivity contribution in [2.45, 2.75) is 127 Å². The second kappa shape index (κ2) is 30.7. The number of nitrogens with two attached hydrogens (primary N) is 6. The Morgan fingerprint density at radius 1 is 0.493 bits per heavy atom. The summed E-state index contributed by atoms with van der Waals surface area (Å²) < 4.78 is 0. The standard InChI is InChI=1S/C37H65N15O15/c1-16(2)12-18(38)29(60)50-22(13-26(55)56)33(64)52-24(15-53)34(65)49-20(7-5-11-45-37(42)43)31(62)48-19(6-4-10-44-36(40)41)30(61)46-17(3)28(59)47-21(8-9-25(39)54)32(63)51-23(35(66)67)14-27(57)58/h16-24,53H,4-15,38H2,1-3H3,(H2,39,54)(H,46,61)(H,47,59)(H,48,62)(H,49,65)(H,50,60)(H,51,63)(H,52,64)(H,55,56)(H,57,58)(H,66,67)(H4,40,41,44)(H4,42,43,45). The number of amides is 8. The number of aliphatic carboxylic acids is 3. The summed E-state index contributed by atoms with van der Waals surface area (Å²) in [5.41, 5.74) is 32.6. The zero-order valence-electron chi connectivity index (χ0n) is 37.3. The number of aliphatic imine (C=N–C) groups is 2. The predicted molar refractivity (Wildman–Crippen MR) is 234 cm³/mol. The third-order valence-electron chi connectivity index (χ3n) is 9.10. The van der Waals surface area contributed by atoms with Gasteiger partial charge in [0.05, 0.1) is 25.5 Å². The molecule has 0 radical (unpaired) electrons. The Bertz CT molecular complexity index is 1820. The number of primary amides is 1. The van der Waals surface area contributed by atoms with Crippen LogP contribution in [0.15, 0.2) is 9.98 Å². The Morgan fingerprint density at radius 2 is 0.866 bits per heavy atom. The molecule has 0 saturated carbocycles. The molecule has 0 aromatic rings. The van der Waals surface area contributed by atoms with Crippen LogP contribution in [-0.2, 0) is 52.7 Å². The lowest BCUT2D eigenvalue weighted by Crippen LogP contribution is -2.60. The summed E-state index contributed by atoms with van der Waals surface area (Å²) >= 11 is 0. The van der Waals surface area contributed by atoms with Crippen LogP contribution >= 0.6 is 0 Å². The first-order valence-electron chi connectivity index (χ1n) is 20.7. The highest BCUT2D eigenvalue weighted by Gasteiger charge is 2.34. The summed E-state index contributed by atoms with van der Waals surface area (Å²) in [6, 6.07) is -12.9. The second-order valence-corrected chi connectivity index (χ2v) is 15.5. The molecular weight excluding hydrogens is 894 g/mol. The van der Waals surface area contributed by atoms with Gasteiger partial charge in [0.15, 0.2) is 11.9 Å². The van der Waals surface area contributed by atoms with Crippen LogP contribution < -0.4 is 71.6 Å². The third-order valence-corrected chi connectivity index (χ3v) is 9.10. The van der Waals surface area contributed by atoms with E-state index >= 15 is 0 Å². The average Bonchev–Trinajstić information content (AvgIpc) is 3.21. The lowest BCUT2D eigenvalue weighted by atomic mass is 10.0. The number of aliphatic hydroxyl groups is 1. The van der Waals surface area contributed by atoms with Gasteiger partial charge in [0.1, 0.15) is 42.3 Å². The van der Waals surface area contributed by atoms with Crippen LogP contribution in [0.5, 0.6) is 0 Å². The van der Waals surface area contributed by atoms with Gasteiger partial charge in [-0.3, -0.25) is 57.9 Å². The summed E-state index contributed by atoms with van der Waals surface area (Å²) in [5.74, 6) is -13.9. The highest BCUT2D eigenvalue weighted by atomic mass is 16.4. The minimum Gasteiger partial charge on any atom is -0.481 e. The molecule has 378 valence electrons. The van der Waals surface area contributed by atoms with Gasteiger partial charge >= 0.3 is 17.9 Å². The number of hydrogen-bond acceptors (Lipinski definition) is 15. The van der Waals surface area contributed by atoms with Crippen LogP contribution in [0.1, 0.15) is 78.6 Å². The van der Waals surface area contributed by atoms with E-state index in [1.54, 1.807) is 13.8 Å². The van der Waals surface area contributed by atoms with E-state index < -0.39 is 146 Å². The Kier molecular flexibility index (Phi) is 27.3. The van der Waals surface area contributed by atoms with Crippen molar-refractivity contribution in [3.63, 3.8) is 0 Å². The lowest BCUT2D eigenvalue weighted by Gasteiger charge is -2.27. The van der Waals surface area contributed by atoms with E-state index in [9.17, 15) is 68.1 Å². The molecule has 30 nitrogen and oxygen atoms in total. The van der Waals surface area contributed by atoms with Crippen molar-refractivity contribution in [1.29, 1.82) is 0 Å². The van der Waals surface area contributed by atoms with Gasteiger partial charge in [-0.25, -0.2) is 4.79 Å². The highest BCUT2D eigenvalue weighted by molar-refractivity contribution is 5.98. The zero-order valence-corrected chi connectivity index (χ0v) is 37.3. The van der Waals surface area contributed by atoms with Crippen molar-refractivity contribution in [3.8, 4) is 0 Å². The van der Waals surface area contributed by atoms with Crippen LogP contribution in [0.2, 0.25) is 0 Å². The summed E-state index contributed by atoms with van der Waals surface area (Å²) in [4.78, 5) is 147. The van der Waals surface area contributed by atoms with E-state index in [1.807, 2.05) is 5.32 Å². The molecule has 0 fully saturated rings. The maximum absolute atomic E-state index is 13.9. The molecule has 0 spiro atoms. The first-order valence-corrected chi connectivity index (χ1v) is 20.7. The quantitative estimate of drug-likeness (QED) is 0.0165. The maximum Gasteiger partial charge on any atom is 0.326 e. The summed E-state index contributed by atoms with van der Waals surface area (Å²) in [6.07, 6.45) is -3.17. The lowest BCUT2D eigenvalue weighted by molar-refractivity contribution is -0.147. The van der Waals surface area contributed by atoms with Gasteiger partial charge in [-0.1, -0.05) is 13.8 Å². The zero-order chi connectivity index (χ0) is 51.6. The number of carbonyl (C=O) groups excluding carboxylic acids is 8. The minimum absolute atomic E-state index is 0.0162. The topological polar surface area (TPSA) is 534 Å². The molecular formula is C37H65N15O15. The smallest absolute Gasteiger partial charge is 0.326 e. The number of carboxylic acid groups (broad SMARTS) is 3. The van der Waals surface area contributed by atoms with E-state index in [4.69, 9.17) is 39.5 Å². The van der Waals surface area contributed by atoms with Crippen molar-refractivity contribution >= 4 is 77.1 Å². The second-order valence-electron chi connectivity index (χ2n) is 15.5. The molecule has 0 aromatic heterocycles. The molecule has 0 bridgehead atoms. The van der Waals surface area contributed by atoms with Gasteiger partial charge in [-0.15, -0.1) is 0 Å². The van der Waals surface area contributed by atoms with Crippen LogP contribution in [0.4, 0.5) is 0 Å². The van der Waals surface area contributed by atoms with Gasteiger partial charge in [-0.2, -0.15) is 0 Å². The van der Waals surface area contributed by atoms with E-state index in [1.165, 1.54) is 0 Å². The number of aliphatic hydroxyl groups excluding tert-OH is 1. The maximum atomic E-state index is 13.9. The van der Waals surface area contributed by atoms with Crippen molar-refractivity contribution in [2.75, 3.05) is 19.7 Å². The van der Waals surface area contributed by atoms with Crippen LogP contribution in [0.25, 0.3) is 0 Å². The molecule has 67 heavy (non-hydrogen) atoms. The van der Waals surface area contributed by atoms with Gasteiger partial charge < -0.3 is 92.0 Å². The van der Waals surface area contributed by atoms with Gasteiger partial charge in [-0.05, 0) is 51.4 Å². The average molecular weight is 960 g/mol. The van der Waals surface area contributed by atoms with E-state index in [0.29, 0.717) is 0 Å².